The molecule has 1 amide bonds. The highest BCUT2D eigenvalue weighted by Gasteiger charge is 2.04. The molecule has 0 heterocycles. The van der Waals surface area contributed by atoms with Crippen LogP contribution in [-0.2, 0) is 20.7 Å². The fraction of sp³-hybridized carbons (Fsp3) is 0.429. The van der Waals surface area contributed by atoms with Gasteiger partial charge in [-0.25, -0.2) is 0 Å². The van der Waals surface area contributed by atoms with Crippen LogP contribution < -0.4 is 5.32 Å². The fourth-order valence-corrected chi connectivity index (χ4v) is 1.66. The lowest BCUT2D eigenvalue weighted by Crippen LogP contribution is -2.12. The van der Waals surface area contributed by atoms with Crippen molar-refractivity contribution in [2.24, 2.45) is 0 Å². The van der Waals surface area contributed by atoms with Crippen LogP contribution in [0.25, 0.3) is 0 Å². The molecule has 5 heteroatoms. The Hall–Kier alpha value is -1.88. The van der Waals surface area contributed by atoms with E-state index >= 15 is 0 Å². The number of rotatable bonds is 8. The minimum Gasteiger partial charge on any atom is -0.481 e. The predicted molar refractivity (Wildman–Crippen MR) is 72.1 cm³/mol. The van der Waals surface area contributed by atoms with Gasteiger partial charge in [0.25, 0.3) is 0 Å². The summed E-state index contributed by atoms with van der Waals surface area (Å²) in [5.41, 5.74) is 1.60. The van der Waals surface area contributed by atoms with Crippen LogP contribution in [0.5, 0.6) is 0 Å². The number of hydrogen-bond acceptors (Lipinski definition) is 3. The average Bonchev–Trinajstić information content (AvgIpc) is 2.37. The minimum atomic E-state index is -0.825. The number of carbonyl (C=O) groups is 2. The number of aliphatic carboxylic acids is 1. The van der Waals surface area contributed by atoms with E-state index in [1.807, 2.05) is 12.1 Å². The summed E-state index contributed by atoms with van der Waals surface area (Å²) in [6, 6.07) is 7.25. The van der Waals surface area contributed by atoms with Gasteiger partial charge in [-0.1, -0.05) is 12.1 Å². The van der Waals surface area contributed by atoms with Crippen LogP contribution >= 0.6 is 0 Å². The van der Waals surface area contributed by atoms with Crippen LogP contribution in [0.4, 0.5) is 5.69 Å². The number of ether oxygens (including phenoxy) is 1. The zero-order valence-corrected chi connectivity index (χ0v) is 11.0. The van der Waals surface area contributed by atoms with Crippen LogP contribution in [0.15, 0.2) is 24.3 Å². The first kappa shape index (κ1) is 15.2. The lowest BCUT2D eigenvalue weighted by molar-refractivity contribution is -0.137. The molecule has 1 aromatic rings. The smallest absolute Gasteiger partial charge is 0.303 e. The Kier molecular flexibility index (Phi) is 6.60. The van der Waals surface area contributed by atoms with Crippen molar-refractivity contribution in [1.29, 1.82) is 0 Å². The van der Waals surface area contributed by atoms with Crippen molar-refractivity contribution < 1.29 is 19.4 Å². The third-order valence-electron chi connectivity index (χ3n) is 2.59. The second-order valence-electron chi connectivity index (χ2n) is 4.24. The van der Waals surface area contributed by atoms with E-state index in [1.165, 1.54) is 0 Å². The largest absolute Gasteiger partial charge is 0.481 e. The molecular formula is C14H19NO4. The van der Waals surface area contributed by atoms with Crippen molar-refractivity contribution in [3.05, 3.63) is 29.8 Å². The van der Waals surface area contributed by atoms with E-state index in [0.717, 1.165) is 5.56 Å². The van der Waals surface area contributed by atoms with E-state index in [2.05, 4.69) is 5.32 Å². The van der Waals surface area contributed by atoms with Gasteiger partial charge in [0.1, 0.15) is 0 Å². The van der Waals surface area contributed by atoms with Crippen molar-refractivity contribution in [2.45, 2.75) is 25.7 Å². The number of hydrogen-bond donors (Lipinski definition) is 2. The first-order chi connectivity index (χ1) is 9.11. The number of carbonyl (C=O) groups excluding carboxylic acids is 1. The second kappa shape index (κ2) is 8.26. The number of carboxylic acid groups (broad SMARTS) is 1. The van der Waals surface area contributed by atoms with Gasteiger partial charge < -0.3 is 15.2 Å². The summed E-state index contributed by atoms with van der Waals surface area (Å²) in [6.07, 6.45) is 1.64. The maximum absolute atomic E-state index is 11.6. The lowest BCUT2D eigenvalue weighted by Gasteiger charge is -2.07. The second-order valence-corrected chi connectivity index (χ2v) is 4.24. The van der Waals surface area contributed by atoms with E-state index in [0.29, 0.717) is 31.6 Å². The molecule has 0 aliphatic rings. The molecule has 0 saturated carbocycles. The summed E-state index contributed by atoms with van der Waals surface area (Å²) in [4.78, 5) is 22.1. The maximum Gasteiger partial charge on any atom is 0.303 e. The topological polar surface area (TPSA) is 75.6 Å². The van der Waals surface area contributed by atoms with Gasteiger partial charge in [0.15, 0.2) is 0 Å². The first-order valence-electron chi connectivity index (χ1n) is 6.21. The molecular weight excluding hydrogens is 246 g/mol. The molecule has 0 aromatic heterocycles. The Morgan fingerprint density at radius 3 is 2.79 bits per heavy atom. The third kappa shape index (κ3) is 6.57. The number of methoxy groups -OCH3 is 1. The van der Waals surface area contributed by atoms with Gasteiger partial charge in [0.2, 0.25) is 5.91 Å². The van der Waals surface area contributed by atoms with Crippen molar-refractivity contribution in [1.82, 2.24) is 0 Å². The summed E-state index contributed by atoms with van der Waals surface area (Å²) < 4.78 is 4.88. The monoisotopic (exact) mass is 265 g/mol. The van der Waals surface area contributed by atoms with Crippen molar-refractivity contribution in [2.75, 3.05) is 19.0 Å². The Morgan fingerprint density at radius 1 is 1.32 bits per heavy atom. The minimum absolute atomic E-state index is 0.0626. The van der Waals surface area contributed by atoms with Crippen molar-refractivity contribution in [3.8, 4) is 0 Å². The highest BCUT2D eigenvalue weighted by Crippen LogP contribution is 2.13. The Labute approximate surface area is 112 Å². The van der Waals surface area contributed by atoms with Gasteiger partial charge in [-0.15, -0.1) is 0 Å². The predicted octanol–water partition coefficient (Wildman–Crippen LogP) is 2.07. The van der Waals surface area contributed by atoms with Crippen LogP contribution in [0, 0.1) is 0 Å². The molecule has 0 saturated heterocycles. The van der Waals surface area contributed by atoms with Gasteiger partial charge in [0.05, 0.1) is 0 Å². The normalized spacial score (nSPS) is 10.2. The van der Waals surface area contributed by atoms with E-state index in [-0.39, 0.29) is 12.3 Å². The first-order valence-corrected chi connectivity index (χ1v) is 6.21. The fourth-order valence-electron chi connectivity index (χ4n) is 1.66. The summed E-state index contributed by atoms with van der Waals surface area (Å²) >= 11 is 0. The highest BCUT2D eigenvalue weighted by atomic mass is 16.5. The van der Waals surface area contributed by atoms with Crippen molar-refractivity contribution >= 4 is 17.6 Å². The number of carboxylic acids is 1. The highest BCUT2D eigenvalue weighted by molar-refractivity contribution is 5.90. The number of aryl methyl sites for hydroxylation is 1. The lowest BCUT2D eigenvalue weighted by atomic mass is 10.1. The van der Waals surface area contributed by atoms with Gasteiger partial charge in [-0.3, -0.25) is 9.59 Å². The Balaban J connectivity index is 2.47. The molecule has 0 aliphatic carbocycles. The molecule has 19 heavy (non-hydrogen) atoms. The third-order valence-corrected chi connectivity index (χ3v) is 2.59. The van der Waals surface area contributed by atoms with Gasteiger partial charge in [-0.05, 0) is 30.5 Å². The van der Waals surface area contributed by atoms with E-state index in [9.17, 15) is 9.59 Å². The summed E-state index contributed by atoms with van der Waals surface area (Å²) in [5.74, 6) is -0.888. The van der Waals surface area contributed by atoms with Crippen LogP contribution in [0.1, 0.15) is 24.8 Å². The quantitative estimate of drug-likeness (QED) is 0.705. The van der Waals surface area contributed by atoms with Gasteiger partial charge in [0, 0.05) is 32.2 Å². The van der Waals surface area contributed by atoms with E-state index in [4.69, 9.17) is 9.84 Å². The molecule has 0 unspecified atom stereocenters. The molecule has 0 aliphatic heterocycles. The van der Waals surface area contributed by atoms with Gasteiger partial charge >= 0.3 is 5.97 Å². The molecule has 2 N–H and O–H groups in total. The Bertz CT molecular complexity index is 431. The average molecular weight is 265 g/mol. The van der Waals surface area contributed by atoms with Crippen LogP contribution in [0.2, 0.25) is 0 Å². The van der Waals surface area contributed by atoms with Crippen LogP contribution in [0.3, 0.4) is 0 Å². The summed E-state index contributed by atoms with van der Waals surface area (Å²) in [5, 5.41) is 11.4. The molecule has 0 atom stereocenters. The zero-order valence-electron chi connectivity index (χ0n) is 11.0. The van der Waals surface area contributed by atoms with Gasteiger partial charge in [-0.2, -0.15) is 0 Å². The number of nitrogens with one attached hydrogen (secondary N) is 1. The van der Waals surface area contributed by atoms with Crippen LogP contribution in [-0.4, -0.2) is 30.7 Å². The summed E-state index contributed by atoms with van der Waals surface area (Å²) in [7, 11) is 1.60. The van der Waals surface area contributed by atoms with Crippen molar-refractivity contribution in [3.63, 3.8) is 0 Å². The summed E-state index contributed by atoms with van der Waals surface area (Å²) in [6.45, 7) is 0.562. The molecule has 0 bridgehead atoms. The molecule has 0 spiro atoms. The molecule has 104 valence electrons. The molecule has 1 aromatic carbocycles. The molecule has 0 radical (unpaired) electrons. The van der Waals surface area contributed by atoms with E-state index < -0.39 is 5.97 Å². The molecule has 0 fully saturated rings. The number of amides is 1. The SMILES string of the molecule is COCCCC(=O)Nc1cccc(CCC(=O)O)c1. The molecule has 5 nitrogen and oxygen atoms in total. The maximum atomic E-state index is 11.6. The Morgan fingerprint density at radius 2 is 2.11 bits per heavy atom. The molecule has 1 rings (SSSR count). The number of anilines is 1. The zero-order chi connectivity index (χ0) is 14.1. The number of benzene rings is 1. The standard InChI is InChI=1S/C14H19NO4/c1-19-9-3-6-13(16)15-12-5-2-4-11(10-12)7-8-14(17)18/h2,4-5,10H,3,6-9H2,1H3,(H,15,16)(H,17,18). The van der Waals surface area contributed by atoms with E-state index in [1.54, 1.807) is 19.2 Å².